The van der Waals surface area contributed by atoms with Gasteiger partial charge < -0.3 is 11.1 Å². The van der Waals surface area contributed by atoms with Gasteiger partial charge in [-0.1, -0.05) is 37.3 Å². The zero-order chi connectivity index (χ0) is 13.4. The molecule has 0 spiro atoms. The third-order valence-electron chi connectivity index (χ3n) is 2.73. The van der Waals surface area contributed by atoms with Crippen LogP contribution >= 0.6 is 11.8 Å². The number of rotatable bonds is 7. The molecular formula is C14H22N2OS. The van der Waals surface area contributed by atoms with Gasteiger partial charge in [0.15, 0.2) is 0 Å². The first kappa shape index (κ1) is 15.1. The Morgan fingerprint density at radius 2 is 2.06 bits per heavy atom. The van der Waals surface area contributed by atoms with Crippen LogP contribution in [-0.4, -0.2) is 23.5 Å². The quantitative estimate of drug-likeness (QED) is 0.745. The average molecular weight is 266 g/mol. The molecule has 2 atom stereocenters. The maximum Gasteiger partial charge on any atom is 0.241 e. The second kappa shape index (κ2) is 8.16. The number of thioether (sulfide) groups is 1. The van der Waals surface area contributed by atoms with Gasteiger partial charge in [0.2, 0.25) is 5.91 Å². The van der Waals surface area contributed by atoms with E-state index in [9.17, 15) is 4.79 Å². The third kappa shape index (κ3) is 5.10. The fraction of sp³-hybridized carbons (Fsp3) is 0.500. The summed E-state index contributed by atoms with van der Waals surface area (Å²) in [6.45, 7) is 4.16. The van der Waals surface area contributed by atoms with Crippen molar-refractivity contribution in [2.75, 3.05) is 11.5 Å². The van der Waals surface area contributed by atoms with E-state index >= 15 is 0 Å². The lowest BCUT2D eigenvalue weighted by Crippen LogP contribution is -2.39. The lowest BCUT2D eigenvalue weighted by atomic mass is 10.1. The van der Waals surface area contributed by atoms with E-state index in [1.54, 1.807) is 0 Å². The van der Waals surface area contributed by atoms with Crippen LogP contribution in [0.25, 0.3) is 0 Å². The molecular weight excluding hydrogens is 244 g/mol. The lowest BCUT2D eigenvalue weighted by molar-refractivity contribution is -0.123. The van der Waals surface area contributed by atoms with Crippen molar-refractivity contribution in [3.8, 4) is 0 Å². The predicted octanol–water partition coefficient (Wildman–Crippen LogP) is 2.33. The van der Waals surface area contributed by atoms with Gasteiger partial charge in [-0.05, 0) is 30.4 Å². The van der Waals surface area contributed by atoms with Gasteiger partial charge in [0, 0.05) is 6.04 Å². The molecule has 1 aromatic rings. The van der Waals surface area contributed by atoms with Crippen LogP contribution in [0.5, 0.6) is 0 Å². The highest BCUT2D eigenvalue weighted by Gasteiger charge is 2.16. The lowest BCUT2D eigenvalue weighted by Gasteiger charge is -2.17. The summed E-state index contributed by atoms with van der Waals surface area (Å²) in [5, 5.41) is 2.96. The topological polar surface area (TPSA) is 55.1 Å². The SMILES string of the molecule is CCSCCC(C)NC(=O)[C@H](N)c1ccccc1. The number of carbonyl (C=O) groups is 1. The van der Waals surface area contributed by atoms with E-state index in [-0.39, 0.29) is 11.9 Å². The number of nitrogens with one attached hydrogen (secondary N) is 1. The van der Waals surface area contributed by atoms with Crippen molar-refractivity contribution in [3.05, 3.63) is 35.9 Å². The highest BCUT2D eigenvalue weighted by atomic mass is 32.2. The van der Waals surface area contributed by atoms with E-state index in [0.29, 0.717) is 0 Å². The molecule has 3 N–H and O–H groups in total. The van der Waals surface area contributed by atoms with E-state index in [1.165, 1.54) is 0 Å². The van der Waals surface area contributed by atoms with Crippen LogP contribution in [0.4, 0.5) is 0 Å². The molecule has 0 heterocycles. The molecule has 4 heteroatoms. The first-order chi connectivity index (χ1) is 8.65. The highest BCUT2D eigenvalue weighted by Crippen LogP contribution is 2.10. The third-order valence-corrected chi connectivity index (χ3v) is 3.66. The zero-order valence-electron chi connectivity index (χ0n) is 11.1. The number of hydrogen-bond donors (Lipinski definition) is 2. The van der Waals surface area contributed by atoms with Crippen LogP contribution in [0.15, 0.2) is 30.3 Å². The molecule has 0 aliphatic rings. The Bertz CT molecular complexity index is 356. The number of benzene rings is 1. The van der Waals surface area contributed by atoms with Gasteiger partial charge in [-0.15, -0.1) is 0 Å². The van der Waals surface area contributed by atoms with Gasteiger partial charge in [0.1, 0.15) is 6.04 Å². The Hall–Kier alpha value is -1.00. The van der Waals surface area contributed by atoms with E-state index in [2.05, 4.69) is 12.2 Å². The summed E-state index contributed by atoms with van der Waals surface area (Å²) in [6.07, 6.45) is 0.978. The first-order valence-electron chi connectivity index (χ1n) is 6.33. The fourth-order valence-corrected chi connectivity index (χ4v) is 2.43. The number of hydrogen-bond acceptors (Lipinski definition) is 3. The molecule has 0 aliphatic heterocycles. The van der Waals surface area contributed by atoms with E-state index in [0.717, 1.165) is 23.5 Å². The molecule has 0 fully saturated rings. The molecule has 1 rings (SSSR count). The Balaban J connectivity index is 2.40. The molecule has 0 saturated carbocycles. The average Bonchev–Trinajstić information content (AvgIpc) is 2.39. The molecule has 0 aliphatic carbocycles. The van der Waals surface area contributed by atoms with Crippen molar-refractivity contribution in [2.45, 2.75) is 32.4 Å². The second-order valence-electron chi connectivity index (χ2n) is 4.28. The van der Waals surface area contributed by atoms with Crippen molar-refractivity contribution in [2.24, 2.45) is 5.73 Å². The van der Waals surface area contributed by atoms with E-state index in [1.807, 2.05) is 49.0 Å². The van der Waals surface area contributed by atoms with Crippen LogP contribution < -0.4 is 11.1 Å². The maximum atomic E-state index is 11.9. The van der Waals surface area contributed by atoms with Crippen molar-refractivity contribution >= 4 is 17.7 Å². The second-order valence-corrected chi connectivity index (χ2v) is 5.68. The van der Waals surface area contributed by atoms with Gasteiger partial charge in [0.05, 0.1) is 0 Å². The van der Waals surface area contributed by atoms with Crippen molar-refractivity contribution in [1.82, 2.24) is 5.32 Å². The van der Waals surface area contributed by atoms with Crippen molar-refractivity contribution in [3.63, 3.8) is 0 Å². The molecule has 0 radical (unpaired) electrons. The molecule has 1 aromatic carbocycles. The van der Waals surface area contributed by atoms with Gasteiger partial charge in [-0.2, -0.15) is 11.8 Å². The monoisotopic (exact) mass is 266 g/mol. The summed E-state index contributed by atoms with van der Waals surface area (Å²) in [6, 6.07) is 9.05. The van der Waals surface area contributed by atoms with Crippen LogP contribution in [0.2, 0.25) is 0 Å². The normalized spacial score (nSPS) is 13.9. The van der Waals surface area contributed by atoms with Gasteiger partial charge in [0.25, 0.3) is 0 Å². The smallest absolute Gasteiger partial charge is 0.241 e. The summed E-state index contributed by atoms with van der Waals surface area (Å²) in [5.41, 5.74) is 6.78. The first-order valence-corrected chi connectivity index (χ1v) is 7.49. The molecule has 100 valence electrons. The summed E-state index contributed by atoms with van der Waals surface area (Å²) in [4.78, 5) is 11.9. The Kier molecular flexibility index (Phi) is 6.83. The minimum absolute atomic E-state index is 0.102. The molecule has 0 bridgehead atoms. The van der Waals surface area contributed by atoms with Gasteiger partial charge in [-0.25, -0.2) is 0 Å². The van der Waals surface area contributed by atoms with Crippen molar-refractivity contribution in [1.29, 1.82) is 0 Å². The maximum absolute atomic E-state index is 11.9. The number of nitrogens with two attached hydrogens (primary N) is 1. The predicted molar refractivity (Wildman–Crippen MR) is 78.6 cm³/mol. The summed E-state index contributed by atoms with van der Waals surface area (Å²) in [5.74, 6) is 2.08. The zero-order valence-corrected chi connectivity index (χ0v) is 11.9. The molecule has 0 aromatic heterocycles. The van der Waals surface area contributed by atoms with Gasteiger partial charge in [-0.3, -0.25) is 4.79 Å². The summed E-state index contributed by atoms with van der Waals surface area (Å²) >= 11 is 1.89. The highest BCUT2D eigenvalue weighted by molar-refractivity contribution is 7.99. The van der Waals surface area contributed by atoms with E-state index in [4.69, 9.17) is 5.73 Å². The molecule has 1 unspecified atom stereocenters. The molecule has 1 amide bonds. The van der Waals surface area contributed by atoms with Gasteiger partial charge >= 0.3 is 0 Å². The van der Waals surface area contributed by atoms with Crippen molar-refractivity contribution < 1.29 is 4.79 Å². The number of amides is 1. The van der Waals surface area contributed by atoms with Crippen LogP contribution in [0.1, 0.15) is 31.9 Å². The summed E-state index contributed by atoms with van der Waals surface area (Å²) < 4.78 is 0. The van der Waals surface area contributed by atoms with Crippen LogP contribution in [0, 0.1) is 0 Å². The molecule has 0 saturated heterocycles. The molecule has 3 nitrogen and oxygen atoms in total. The Labute approximate surface area is 114 Å². The Morgan fingerprint density at radius 3 is 2.67 bits per heavy atom. The van der Waals surface area contributed by atoms with Crippen LogP contribution in [-0.2, 0) is 4.79 Å². The number of carbonyl (C=O) groups excluding carboxylic acids is 1. The largest absolute Gasteiger partial charge is 0.352 e. The summed E-state index contributed by atoms with van der Waals surface area (Å²) in [7, 11) is 0. The minimum Gasteiger partial charge on any atom is -0.352 e. The molecule has 18 heavy (non-hydrogen) atoms. The standard InChI is InChI=1S/C14H22N2OS/c1-3-18-10-9-11(2)16-14(17)13(15)12-7-5-4-6-8-12/h4-8,11,13H,3,9-10,15H2,1-2H3,(H,16,17)/t11?,13-/m1/s1. The Morgan fingerprint density at radius 1 is 1.39 bits per heavy atom. The van der Waals surface area contributed by atoms with E-state index < -0.39 is 6.04 Å². The fourth-order valence-electron chi connectivity index (χ4n) is 1.62. The van der Waals surface area contributed by atoms with Crippen LogP contribution in [0.3, 0.4) is 0 Å². The minimum atomic E-state index is -0.576.